The van der Waals surface area contributed by atoms with E-state index in [0.717, 1.165) is 0 Å². The average Bonchev–Trinajstić information content (AvgIpc) is 2.49. The predicted molar refractivity (Wildman–Crippen MR) is 79.6 cm³/mol. The molecule has 2 amide bonds. The summed E-state index contributed by atoms with van der Waals surface area (Å²) in [7, 11) is 3.14. The van der Waals surface area contributed by atoms with Gasteiger partial charge in [-0.15, -0.1) is 0 Å². The van der Waals surface area contributed by atoms with E-state index in [1.54, 1.807) is 38.4 Å². The third-order valence-electron chi connectivity index (χ3n) is 2.47. The Hall–Kier alpha value is -2.28. The molecule has 22 heavy (non-hydrogen) atoms. The SMILES string of the molecule is CN(C)C(=O)CNC(=O)COC(=O)COc1ccc(Cl)cc1. The first-order valence-electron chi connectivity index (χ1n) is 6.39. The van der Waals surface area contributed by atoms with Crippen molar-refractivity contribution in [3.63, 3.8) is 0 Å². The molecule has 8 heteroatoms. The second-order valence-corrected chi connectivity index (χ2v) is 4.90. The Morgan fingerprint density at radius 1 is 1.14 bits per heavy atom. The van der Waals surface area contributed by atoms with Gasteiger partial charge in [0.25, 0.3) is 5.91 Å². The van der Waals surface area contributed by atoms with Crippen LogP contribution in [0.3, 0.4) is 0 Å². The number of halogens is 1. The zero-order valence-corrected chi connectivity index (χ0v) is 13.1. The van der Waals surface area contributed by atoms with E-state index in [4.69, 9.17) is 21.1 Å². The number of nitrogens with one attached hydrogen (secondary N) is 1. The van der Waals surface area contributed by atoms with Gasteiger partial charge in [0.05, 0.1) is 6.54 Å². The van der Waals surface area contributed by atoms with Gasteiger partial charge in [-0.25, -0.2) is 4.79 Å². The zero-order chi connectivity index (χ0) is 16.5. The minimum Gasteiger partial charge on any atom is -0.482 e. The van der Waals surface area contributed by atoms with Crippen molar-refractivity contribution in [2.45, 2.75) is 0 Å². The number of ether oxygens (including phenoxy) is 2. The summed E-state index contributed by atoms with van der Waals surface area (Å²) in [6.45, 7) is -0.945. The van der Waals surface area contributed by atoms with Crippen molar-refractivity contribution in [1.82, 2.24) is 10.2 Å². The average molecular weight is 329 g/mol. The van der Waals surface area contributed by atoms with Crippen molar-refractivity contribution in [2.24, 2.45) is 0 Å². The van der Waals surface area contributed by atoms with Crippen LogP contribution in [0.1, 0.15) is 0 Å². The molecule has 0 unspecified atom stereocenters. The smallest absolute Gasteiger partial charge is 0.344 e. The van der Waals surface area contributed by atoms with Gasteiger partial charge in [0.1, 0.15) is 5.75 Å². The van der Waals surface area contributed by atoms with Crippen molar-refractivity contribution in [2.75, 3.05) is 33.9 Å². The topological polar surface area (TPSA) is 84.9 Å². The number of carbonyl (C=O) groups excluding carboxylic acids is 3. The van der Waals surface area contributed by atoms with Crippen LogP contribution in [0.2, 0.25) is 5.02 Å². The molecule has 0 saturated carbocycles. The third kappa shape index (κ3) is 6.94. The number of carbonyl (C=O) groups is 3. The Morgan fingerprint density at radius 2 is 1.77 bits per heavy atom. The normalized spacial score (nSPS) is 9.77. The molecule has 120 valence electrons. The second-order valence-electron chi connectivity index (χ2n) is 4.47. The molecule has 1 aromatic rings. The molecule has 1 N–H and O–H groups in total. The maximum absolute atomic E-state index is 11.4. The molecule has 1 rings (SSSR count). The first-order chi connectivity index (χ1) is 10.4. The molecule has 0 atom stereocenters. The highest BCUT2D eigenvalue weighted by Gasteiger charge is 2.10. The van der Waals surface area contributed by atoms with Gasteiger partial charge >= 0.3 is 5.97 Å². The van der Waals surface area contributed by atoms with Crippen LogP contribution in [0.5, 0.6) is 5.75 Å². The Kier molecular flexibility index (Phi) is 7.18. The van der Waals surface area contributed by atoms with Crippen LogP contribution in [0, 0.1) is 0 Å². The molecule has 0 radical (unpaired) electrons. The van der Waals surface area contributed by atoms with E-state index in [9.17, 15) is 14.4 Å². The van der Waals surface area contributed by atoms with E-state index in [1.165, 1.54) is 4.90 Å². The Balaban J connectivity index is 2.21. The third-order valence-corrected chi connectivity index (χ3v) is 2.72. The molecule has 0 bridgehead atoms. The van der Waals surface area contributed by atoms with Crippen molar-refractivity contribution in [1.29, 1.82) is 0 Å². The summed E-state index contributed by atoms with van der Waals surface area (Å²) in [4.78, 5) is 35.4. The summed E-state index contributed by atoms with van der Waals surface area (Å²) in [6.07, 6.45) is 0. The van der Waals surface area contributed by atoms with Crippen LogP contribution in [-0.2, 0) is 19.1 Å². The van der Waals surface area contributed by atoms with E-state index < -0.39 is 18.5 Å². The largest absolute Gasteiger partial charge is 0.482 e. The zero-order valence-electron chi connectivity index (χ0n) is 12.3. The molecule has 7 nitrogen and oxygen atoms in total. The minimum absolute atomic E-state index is 0.148. The standard InChI is InChI=1S/C14H17ClN2O5/c1-17(2)13(19)7-16-12(18)8-22-14(20)9-21-11-5-3-10(15)4-6-11/h3-6H,7-9H2,1-2H3,(H,16,18). The number of benzene rings is 1. The fourth-order valence-electron chi connectivity index (χ4n) is 1.24. The first kappa shape index (κ1) is 17.8. The van der Waals surface area contributed by atoms with E-state index in [0.29, 0.717) is 10.8 Å². The van der Waals surface area contributed by atoms with Gasteiger partial charge in [-0.1, -0.05) is 11.6 Å². The van der Waals surface area contributed by atoms with Crippen molar-refractivity contribution in [3.05, 3.63) is 29.3 Å². The maximum Gasteiger partial charge on any atom is 0.344 e. The van der Waals surface area contributed by atoms with E-state index >= 15 is 0 Å². The van der Waals surface area contributed by atoms with Crippen molar-refractivity contribution < 1.29 is 23.9 Å². The quantitative estimate of drug-likeness (QED) is 0.735. The first-order valence-corrected chi connectivity index (χ1v) is 6.77. The van der Waals surface area contributed by atoms with Crippen LogP contribution >= 0.6 is 11.6 Å². The summed E-state index contributed by atoms with van der Waals surface area (Å²) in [5.74, 6) is -1.05. The number of nitrogens with zero attached hydrogens (tertiary/aromatic N) is 1. The molecule has 0 spiro atoms. The van der Waals surface area contributed by atoms with Crippen LogP contribution in [0.15, 0.2) is 24.3 Å². The summed E-state index contributed by atoms with van der Waals surface area (Å²) >= 11 is 5.71. The van der Waals surface area contributed by atoms with Crippen LogP contribution in [0.25, 0.3) is 0 Å². The van der Waals surface area contributed by atoms with Gasteiger partial charge < -0.3 is 19.7 Å². The van der Waals surface area contributed by atoms with Gasteiger partial charge in [0, 0.05) is 19.1 Å². The summed E-state index contributed by atoms with van der Waals surface area (Å²) < 4.78 is 9.87. The van der Waals surface area contributed by atoms with Gasteiger partial charge in [-0.05, 0) is 24.3 Å². The van der Waals surface area contributed by atoms with Crippen LogP contribution in [0.4, 0.5) is 0 Å². The van der Waals surface area contributed by atoms with Gasteiger partial charge in [-0.3, -0.25) is 9.59 Å². The predicted octanol–water partition coefficient (Wildman–Crippen LogP) is 0.466. The van der Waals surface area contributed by atoms with E-state index in [-0.39, 0.29) is 19.1 Å². The van der Waals surface area contributed by atoms with Crippen LogP contribution in [-0.4, -0.2) is 56.5 Å². The molecule has 0 aliphatic rings. The number of likely N-dealkylation sites (N-methyl/N-ethyl adjacent to an activating group) is 1. The van der Waals surface area contributed by atoms with Crippen molar-refractivity contribution in [3.8, 4) is 5.75 Å². The fraction of sp³-hybridized carbons (Fsp3) is 0.357. The number of esters is 1. The molecule has 1 aromatic carbocycles. The number of hydrogen-bond donors (Lipinski definition) is 1. The summed E-state index contributed by atoms with van der Waals surface area (Å²) in [5.41, 5.74) is 0. The fourth-order valence-corrected chi connectivity index (χ4v) is 1.37. The highest BCUT2D eigenvalue weighted by atomic mass is 35.5. The molecule has 0 saturated heterocycles. The summed E-state index contributed by atoms with van der Waals surface area (Å²) in [6, 6.07) is 6.46. The summed E-state index contributed by atoms with van der Waals surface area (Å²) in [5, 5.41) is 2.89. The van der Waals surface area contributed by atoms with Crippen molar-refractivity contribution >= 4 is 29.4 Å². The monoisotopic (exact) mass is 328 g/mol. The Morgan fingerprint density at radius 3 is 2.36 bits per heavy atom. The molecule has 0 aliphatic heterocycles. The second kappa shape index (κ2) is 8.89. The molecule has 0 aromatic heterocycles. The highest BCUT2D eigenvalue weighted by molar-refractivity contribution is 6.30. The number of rotatable bonds is 7. The molecular formula is C14H17ClN2O5. The minimum atomic E-state index is -0.691. The van der Waals surface area contributed by atoms with E-state index in [1.807, 2.05) is 0 Å². The van der Waals surface area contributed by atoms with Gasteiger partial charge in [0.15, 0.2) is 13.2 Å². The van der Waals surface area contributed by atoms with E-state index in [2.05, 4.69) is 5.32 Å². The number of hydrogen-bond acceptors (Lipinski definition) is 5. The van der Waals surface area contributed by atoms with Gasteiger partial charge in [0.2, 0.25) is 5.91 Å². The Labute approximate surface area is 133 Å². The van der Waals surface area contributed by atoms with Crippen LogP contribution < -0.4 is 10.1 Å². The lowest BCUT2D eigenvalue weighted by molar-refractivity contribution is -0.150. The maximum atomic E-state index is 11.4. The lowest BCUT2D eigenvalue weighted by Crippen LogP contribution is -2.38. The number of amides is 2. The lowest BCUT2D eigenvalue weighted by Gasteiger charge is -2.11. The van der Waals surface area contributed by atoms with Gasteiger partial charge in [-0.2, -0.15) is 0 Å². The lowest BCUT2D eigenvalue weighted by atomic mass is 10.3. The highest BCUT2D eigenvalue weighted by Crippen LogP contribution is 2.15. The molecule has 0 fully saturated rings. The Bertz CT molecular complexity index is 531. The molecular weight excluding hydrogens is 312 g/mol. The molecule has 0 heterocycles. The molecule has 0 aliphatic carbocycles.